The fourth-order valence-electron chi connectivity index (χ4n) is 3.82. The molecule has 0 radical (unpaired) electrons. The second kappa shape index (κ2) is 10.2. The molecular weight excluding hydrogens is 390 g/mol. The molecule has 0 spiro atoms. The lowest BCUT2D eigenvalue weighted by Gasteiger charge is -2.29. The minimum atomic E-state index is -0.428. The second-order valence-electron chi connectivity index (χ2n) is 7.85. The molecule has 0 bridgehead atoms. The van der Waals surface area contributed by atoms with E-state index in [9.17, 15) is 19.0 Å². The number of hydrogen-bond donors (Lipinski definition) is 2. The molecule has 6 heteroatoms. The Morgan fingerprint density at radius 3 is 1.57 bits per heavy atom. The van der Waals surface area contributed by atoms with E-state index in [2.05, 4.69) is 0 Å². The summed E-state index contributed by atoms with van der Waals surface area (Å²) < 4.78 is 37.1. The number of aliphatic hydroxyl groups is 2. The van der Waals surface area contributed by atoms with Gasteiger partial charge in [-0.25, -0.2) is 8.78 Å². The third-order valence-corrected chi connectivity index (χ3v) is 5.69. The van der Waals surface area contributed by atoms with Gasteiger partial charge >= 0.3 is 0 Å². The van der Waals surface area contributed by atoms with E-state index in [0.717, 1.165) is 36.8 Å². The first-order valence-corrected chi connectivity index (χ1v) is 10.7. The fourth-order valence-corrected chi connectivity index (χ4v) is 3.82. The van der Waals surface area contributed by atoms with Gasteiger partial charge in [0.1, 0.15) is 35.3 Å². The van der Waals surface area contributed by atoms with Crippen LogP contribution in [0.3, 0.4) is 0 Å². The van der Waals surface area contributed by atoms with Crippen molar-refractivity contribution >= 4 is 0 Å². The highest BCUT2D eigenvalue weighted by Crippen LogP contribution is 2.30. The van der Waals surface area contributed by atoms with Gasteiger partial charge in [-0.05, 0) is 86.1 Å². The Bertz CT molecular complexity index is 772. The molecule has 2 aromatic carbocycles. The van der Waals surface area contributed by atoms with Crippen molar-refractivity contribution in [1.82, 2.24) is 0 Å². The quantitative estimate of drug-likeness (QED) is 0.760. The summed E-state index contributed by atoms with van der Waals surface area (Å²) in [7, 11) is 0. The molecule has 30 heavy (non-hydrogen) atoms. The predicted octanol–water partition coefficient (Wildman–Crippen LogP) is 4.58. The lowest BCUT2D eigenvalue weighted by Crippen LogP contribution is -2.34. The third-order valence-electron chi connectivity index (χ3n) is 5.69. The van der Waals surface area contributed by atoms with E-state index >= 15 is 0 Å². The van der Waals surface area contributed by atoms with E-state index in [-0.39, 0.29) is 23.8 Å². The normalized spacial score (nSPS) is 21.7. The summed E-state index contributed by atoms with van der Waals surface area (Å²) in [5, 5.41) is 19.3. The van der Waals surface area contributed by atoms with Gasteiger partial charge in [0.2, 0.25) is 0 Å². The SMILES string of the molecule is CC[C@@H](O)C1CCc2cc(F)ccc2O1.CC[C@H](O)C1CCc2cc(F)ccc2O1. The average Bonchev–Trinajstić information content (AvgIpc) is 2.77. The van der Waals surface area contributed by atoms with Crippen LogP contribution >= 0.6 is 0 Å². The molecule has 2 aromatic rings. The first kappa shape index (κ1) is 22.5. The van der Waals surface area contributed by atoms with E-state index in [0.29, 0.717) is 24.3 Å². The molecule has 2 aliphatic rings. The summed E-state index contributed by atoms with van der Waals surface area (Å²) in [4.78, 5) is 0. The maximum absolute atomic E-state index is 12.9. The molecule has 0 aromatic heterocycles. The van der Waals surface area contributed by atoms with E-state index in [1.54, 1.807) is 12.1 Å². The van der Waals surface area contributed by atoms with Gasteiger partial charge in [-0.15, -0.1) is 0 Å². The van der Waals surface area contributed by atoms with Crippen molar-refractivity contribution in [3.63, 3.8) is 0 Å². The van der Waals surface area contributed by atoms with Crippen LogP contribution in [-0.2, 0) is 12.8 Å². The van der Waals surface area contributed by atoms with Gasteiger partial charge < -0.3 is 19.7 Å². The number of benzene rings is 2. The van der Waals surface area contributed by atoms with Gasteiger partial charge in [0, 0.05) is 0 Å². The molecule has 0 saturated heterocycles. The molecular formula is C24H30F2O4. The van der Waals surface area contributed by atoms with Gasteiger partial charge in [-0.2, -0.15) is 0 Å². The zero-order chi connectivity index (χ0) is 21.7. The summed E-state index contributed by atoms with van der Waals surface area (Å²) in [5.41, 5.74) is 1.80. The van der Waals surface area contributed by atoms with E-state index < -0.39 is 12.2 Å². The maximum atomic E-state index is 12.9. The number of fused-ring (bicyclic) bond motifs is 2. The molecule has 0 saturated carbocycles. The molecule has 0 fully saturated rings. The maximum Gasteiger partial charge on any atom is 0.125 e. The Hall–Kier alpha value is -2.18. The molecule has 2 aliphatic heterocycles. The van der Waals surface area contributed by atoms with E-state index in [1.807, 2.05) is 13.8 Å². The lowest BCUT2D eigenvalue weighted by molar-refractivity contribution is 0.0219. The number of aliphatic hydroxyl groups excluding tert-OH is 2. The number of aryl methyl sites for hydroxylation is 2. The van der Waals surface area contributed by atoms with Crippen molar-refractivity contribution in [2.24, 2.45) is 0 Å². The first-order valence-electron chi connectivity index (χ1n) is 10.7. The molecule has 164 valence electrons. The topological polar surface area (TPSA) is 58.9 Å². The van der Waals surface area contributed by atoms with Crippen LogP contribution in [-0.4, -0.2) is 34.6 Å². The average molecular weight is 420 g/mol. The third kappa shape index (κ3) is 5.49. The molecule has 4 rings (SSSR count). The van der Waals surface area contributed by atoms with Crippen LogP contribution in [0, 0.1) is 11.6 Å². The van der Waals surface area contributed by atoms with Crippen molar-refractivity contribution in [2.45, 2.75) is 76.8 Å². The Kier molecular flexibility index (Phi) is 7.67. The summed E-state index contributed by atoms with van der Waals surface area (Å²) in [5.74, 6) is 0.957. The smallest absolute Gasteiger partial charge is 0.125 e. The van der Waals surface area contributed by atoms with Crippen LogP contribution in [0.15, 0.2) is 36.4 Å². The van der Waals surface area contributed by atoms with Gasteiger partial charge in [0.05, 0.1) is 12.2 Å². The highest BCUT2D eigenvalue weighted by Gasteiger charge is 2.26. The van der Waals surface area contributed by atoms with E-state index in [1.165, 1.54) is 24.3 Å². The summed E-state index contributed by atoms with van der Waals surface area (Å²) in [6.45, 7) is 3.85. The molecule has 0 amide bonds. The predicted molar refractivity (Wildman–Crippen MR) is 111 cm³/mol. The minimum absolute atomic E-state index is 0.145. The number of rotatable bonds is 4. The van der Waals surface area contributed by atoms with Crippen molar-refractivity contribution < 1.29 is 28.5 Å². The number of hydrogen-bond acceptors (Lipinski definition) is 4. The molecule has 0 aliphatic carbocycles. The number of ether oxygens (including phenoxy) is 2. The molecule has 2 heterocycles. The standard InChI is InChI=1S/2C12H15FO2/c2*1-2-10(14)12-5-3-8-7-9(13)4-6-11(8)15-12/h2*4,6-7,10,12,14H,2-3,5H2,1H3/t2*10-,12?/m10/s1. The van der Waals surface area contributed by atoms with Crippen molar-refractivity contribution in [3.05, 3.63) is 59.2 Å². The minimum Gasteiger partial charge on any atom is -0.487 e. The molecule has 2 N–H and O–H groups in total. The lowest BCUT2D eigenvalue weighted by atomic mass is 9.98. The van der Waals surface area contributed by atoms with Gasteiger partial charge in [0.15, 0.2) is 0 Å². The second-order valence-corrected chi connectivity index (χ2v) is 7.85. The highest BCUT2D eigenvalue weighted by atomic mass is 19.1. The highest BCUT2D eigenvalue weighted by molar-refractivity contribution is 5.36. The van der Waals surface area contributed by atoms with Gasteiger partial charge in [-0.3, -0.25) is 0 Å². The van der Waals surface area contributed by atoms with Crippen molar-refractivity contribution in [1.29, 1.82) is 0 Å². The summed E-state index contributed by atoms with van der Waals surface area (Å²) in [6.07, 6.45) is 3.27. The van der Waals surface area contributed by atoms with Gasteiger partial charge in [-0.1, -0.05) is 13.8 Å². The Morgan fingerprint density at radius 2 is 1.20 bits per heavy atom. The monoisotopic (exact) mass is 420 g/mol. The van der Waals surface area contributed by atoms with E-state index in [4.69, 9.17) is 9.47 Å². The number of halogens is 2. The zero-order valence-electron chi connectivity index (χ0n) is 17.5. The van der Waals surface area contributed by atoms with Crippen molar-refractivity contribution in [2.75, 3.05) is 0 Å². The molecule has 4 atom stereocenters. The van der Waals surface area contributed by atoms with Crippen LogP contribution in [0.5, 0.6) is 11.5 Å². The Balaban J connectivity index is 0.000000171. The van der Waals surface area contributed by atoms with Gasteiger partial charge in [0.25, 0.3) is 0 Å². The Morgan fingerprint density at radius 1 is 0.800 bits per heavy atom. The largest absolute Gasteiger partial charge is 0.487 e. The zero-order valence-corrected chi connectivity index (χ0v) is 17.5. The molecule has 4 nitrogen and oxygen atoms in total. The first-order chi connectivity index (χ1) is 14.4. The van der Waals surface area contributed by atoms with Crippen LogP contribution in [0.25, 0.3) is 0 Å². The summed E-state index contributed by atoms with van der Waals surface area (Å²) >= 11 is 0. The fraction of sp³-hybridized carbons (Fsp3) is 0.500. The van der Waals surface area contributed by atoms with Crippen molar-refractivity contribution in [3.8, 4) is 11.5 Å². The van der Waals surface area contributed by atoms with Crippen LogP contribution in [0.1, 0.15) is 50.7 Å². The summed E-state index contributed by atoms with van der Waals surface area (Å²) in [6, 6.07) is 9.06. The molecule has 2 unspecified atom stereocenters. The van der Waals surface area contributed by atoms with Crippen LogP contribution in [0.4, 0.5) is 8.78 Å². The Labute approximate surface area is 176 Å². The van der Waals surface area contributed by atoms with Crippen LogP contribution in [0.2, 0.25) is 0 Å². The van der Waals surface area contributed by atoms with Crippen LogP contribution < -0.4 is 9.47 Å².